The van der Waals surface area contributed by atoms with Crippen molar-refractivity contribution in [1.29, 1.82) is 0 Å². The third kappa shape index (κ3) is 3.48. The molecule has 1 fully saturated rings. The molecular formula is C13H17ClO6. The molecule has 4 N–H and O–H groups in total. The SMILES string of the molecule is OC[C@@H]1OC(c2ccc(Cl)cc2)OC[C@@H](O)[C@@H](O)[C@@H]1O. The Morgan fingerprint density at radius 3 is 2.35 bits per heavy atom. The average molecular weight is 305 g/mol. The smallest absolute Gasteiger partial charge is 0.184 e. The van der Waals surface area contributed by atoms with E-state index in [9.17, 15) is 20.4 Å². The first-order chi connectivity index (χ1) is 9.52. The molecule has 7 heteroatoms. The van der Waals surface area contributed by atoms with Gasteiger partial charge in [0.05, 0.1) is 13.2 Å². The van der Waals surface area contributed by atoms with Crippen LogP contribution in [0.15, 0.2) is 24.3 Å². The van der Waals surface area contributed by atoms with Gasteiger partial charge in [-0.05, 0) is 12.1 Å². The highest BCUT2D eigenvalue weighted by Crippen LogP contribution is 2.26. The number of aliphatic hydroxyl groups excluding tert-OH is 4. The zero-order chi connectivity index (χ0) is 14.7. The number of hydrogen-bond donors (Lipinski definition) is 4. The van der Waals surface area contributed by atoms with Gasteiger partial charge in [0.15, 0.2) is 6.29 Å². The number of benzene rings is 1. The maximum absolute atomic E-state index is 9.85. The molecule has 0 radical (unpaired) electrons. The van der Waals surface area contributed by atoms with Crippen LogP contribution in [0.1, 0.15) is 11.9 Å². The van der Waals surface area contributed by atoms with Gasteiger partial charge in [-0.3, -0.25) is 0 Å². The van der Waals surface area contributed by atoms with Crippen LogP contribution in [-0.4, -0.2) is 58.1 Å². The number of hydrogen-bond acceptors (Lipinski definition) is 6. The lowest BCUT2D eigenvalue weighted by molar-refractivity contribution is -0.256. The summed E-state index contributed by atoms with van der Waals surface area (Å²) in [5.41, 5.74) is 0.628. The second kappa shape index (κ2) is 6.82. The molecule has 0 bridgehead atoms. The second-order valence-electron chi connectivity index (χ2n) is 4.62. The van der Waals surface area contributed by atoms with Crippen molar-refractivity contribution in [2.75, 3.05) is 13.2 Å². The Hall–Kier alpha value is -0.730. The first kappa shape index (κ1) is 15.7. The van der Waals surface area contributed by atoms with Crippen LogP contribution in [0.25, 0.3) is 0 Å². The van der Waals surface area contributed by atoms with Gasteiger partial charge in [0.2, 0.25) is 0 Å². The Morgan fingerprint density at radius 1 is 1.10 bits per heavy atom. The second-order valence-corrected chi connectivity index (χ2v) is 5.06. The van der Waals surface area contributed by atoms with Gasteiger partial charge >= 0.3 is 0 Å². The van der Waals surface area contributed by atoms with Gasteiger partial charge in [-0.2, -0.15) is 0 Å². The third-order valence-electron chi connectivity index (χ3n) is 3.16. The van der Waals surface area contributed by atoms with Gasteiger partial charge in [0.1, 0.15) is 24.4 Å². The van der Waals surface area contributed by atoms with Crippen LogP contribution in [-0.2, 0) is 9.47 Å². The van der Waals surface area contributed by atoms with Crippen molar-refractivity contribution in [3.63, 3.8) is 0 Å². The van der Waals surface area contributed by atoms with Gasteiger partial charge < -0.3 is 29.9 Å². The van der Waals surface area contributed by atoms with Crippen molar-refractivity contribution in [2.24, 2.45) is 0 Å². The molecule has 1 aliphatic rings. The fraction of sp³-hybridized carbons (Fsp3) is 0.538. The normalized spacial score (nSPS) is 35.4. The summed E-state index contributed by atoms with van der Waals surface area (Å²) < 4.78 is 10.8. The van der Waals surface area contributed by atoms with E-state index in [0.29, 0.717) is 10.6 Å². The van der Waals surface area contributed by atoms with Crippen molar-refractivity contribution in [3.8, 4) is 0 Å². The highest BCUT2D eigenvalue weighted by molar-refractivity contribution is 6.30. The predicted molar refractivity (Wildman–Crippen MR) is 70.1 cm³/mol. The number of ether oxygens (including phenoxy) is 2. The zero-order valence-corrected chi connectivity index (χ0v) is 11.3. The molecular weight excluding hydrogens is 288 g/mol. The molecule has 1 aliphatic heterocycles. The van der Waals surface area contributed by atoms with Gasteiger partial charge in [-0.25, -0.2) is 0 Å². The summed E-state index contributed by atoms with van der Waals surface area (Å²) in [6.07, 6.45) is -6.06. The molecule has 20 heavy (non-hydrogen) atoms. The molecule has 0 saturated carbocycles. The van der Waals surface area contributed by atoms with Crippen molar-refractivity contribution in [1.82, 2.24) is 0 Å². The molecule has 0 aliphatic carbocycles. The monoisotopic (exact) mass is 304 g/mol. The lowest BCUT2D eigenvalue weighted by atomic mass is 10.0. The van der Waals surface area contributed by atoms with E-state index in [1.165, 1.54) is 0 Å². The van der Waals surface area contributed by atoms with Gasteiger partial charge in [0.25, 0.3) is 0 Å². The molecule has 1 saturated heterocycles. The number of aliphatic hydroxyl groups is 4. The van der Waals surface area contributed by atoms with Crippen LogP contribution < -0.4 is 0 Å². The highest BCUT2D eigenvalue weighted by atomic mass is 35.5. The molecule has 2 rings (SSSR count). The van der Waals surface area contributed by atoms with E-state index >= 15 is 0 Å². The van der Waals surface area contributed by atoms with Crippen LogP contribution in [0, 0.1) is 0 Å². The minimum Gasteiger partial charge on any atom is -0.394 e. The highest BCUT2D eigenvalue weighted by Gasteiger charge is 2.36. The Morgan fingerprint density at radius 2 is 1.75 bits per heavy atom. The molecule has 0 spiro atoms. The van der Waals surface area contributed by atoms with Crippen molar-refractivity contribution in [3.05, 3.63) is 34.9 Å². The summed E-state index contributed by atoms with van der Waals surface area (Å²) in [4.78, 5) is 0. The Labute approximate surface area is 121 Å². The molecule has 0 aromatic heterocycles. The summed E-state index contributed by atoms with van der Waals surface area (Å²) in [5.74, 6) is 0. The quantitative estimate of drug-likeness (QED) is 0.605. The van der Waals surface area contributed by atoms with E-state index in [-0.39, 0.29) is 6.61 Å². The van der Waals surface area contributed by atoms with Crippen LogP contribution in [0.5, 0.6) is 0 Å². The minimum atomic E-state index is -1.45. The minimum absolute atomic E-state index is 0.205. The summed E-state index contributed by atoms with van der Waals surface area (Å²) in [6.45, 7) is -0.720. The average Bonchev–Trinajstić information content (AvgIpc) is 2.46. The third-order valence-corrected chi connectivity index (χ3v) is 3.42. The van der Waals surface area contributed by atoms with Crippen LogP contribution in [0.3, 0.4) is 0 Å². The van der Waals surface area contributed by atoms with Gasteiger partial charge in [-0.1, -0.05) is 23.7 Å². The predicted octanol–water partition coefficient (Wildman–Crippen LogP) is -0.171. The number of rotatable bonds is 2. The van der Waals surface area contributed by atoms with E-state index in [4.69, 9.17) is 21.1 Å². The first-order valence-corrected chi connectivity index (χ1v) is 6.58. The molecule has 5 atom stereocenters. The van der Waals surface area contributed by atoms with Gasteiger partial charge in [-0.15, -0.1) is 0 Å². The Balaban J connectivity index is 2.19. The summed E-state index contributed by atoms with van der Waals surface area (Å²) in [5, 5.41) is 39.0. The summed E-state index contributed by atoms with van der Waals surface area (Å²) in [7, 11) is 0. The fourth-order valence-corrected chi connectivity index (χ4v) is 2.08. The maximum Gasteiger partial charge on any atom is 0.184 e. The molecule has 1 heterocycles. The van der Waals surface area contributed by atoms with Crippen molar-refractivity contribution in [2.45, 2.75) is 30.7 Å². The van der Waals surface area contributed by atoms with E-state index in [2.05, 4.69) is 0 Å². The largest absolute Gasteiger partial charge is 0.394 e. The van der Waals surface area contributed by atoms with Crippen molar-refractivity contribution >= 4 is 11.6 Å². The Bertz CT molecular complexity index is 425. The number of halogens is 1. The zero-order valence-electron chi connectivity index (χ0n) is 10.6. The first-order valence-electron chi connectivity index (χ1n) is 6.20. The summed E-state index contributed by atoms with van der Waals surface area (Å²) in [6, 6.07) is 6.66. The van der Waals surface area contributed by atoms with E-state index in [1.54, 1.807) is 24.3 Å². The lowest BCUT2D eigenvalue weighted by Crippen LogP contribution is -2.51. The van der Waals surface area contributed by atoms with E-state index in [1.807, 2.05) is 0 Å². The topological polar surface area (TPSA) is 99.4 Å². The van der Waals surface area contributed by atoms with Crippen LogP contribution in [0.2, 0.25) is 5.02 Å². The van der Waals surface area contributed by atoms with Gasteiger partial charge in [0, 0.05) is 10.6 Å². The molecule has 112 valence electrons. The standard InChI is InChI=1S/C13H17ClO6/c14-8-3-1-7(2-4-8)13-19-6-9(16)11(17)12(18)10(5-15)20-13/h1-4,9-13,15-18H,5-6H2/t9-,10+,11-,12-,13?/m1/s1. The van der Waals surface area contributed by atoms with Crippen LogP contribution >= 0.6 is 11.6 Å². The van der Waals surface area contributed by atoms with Crippen molar-refractivity contribution < 1.29 is 29.9 Å². The Kier molecular flexibility index (Phi) is 5.34. The maximum atomic E-state index is 9.85. The lowest BCUT2D eigenvalue weighted by Gasteiger charge is -2.34. The van der Waals surface area contributed by atoms with E-state index in [0.717, 1.165) is 0 Å². The van der Waals surface area contributed by atoms with E-state index < -0.39 is 37.3 Å². The fourth-order valence-electron chi connectivity index (χ4n) is 1.96. The molecule has 6 nitrogen and oxygen atoms in total. The molecule has 1 aromatic rings. The molecule has 0 amide bonds. The van der Waals surface area contributed by atoms with Crippen LogP contribution in [0.4, 0.5) is 0 Å². The summed E-state index contributed by atoms with van der Waals surface area (Å²) >= 11 is 5.80. The molecule has 1 unspecified atom stereocenters. The molecule has 1 aromatic carbocycles.